The molecule has 0 N–H and O–H groups in total. The third-order valence-electron chi connectivity index (χ3n) is 3.98. The van der Waals surface area contributed by atoms with Gasteiger partial charge in [-0.25, -0.2) is 0 Å². The van der Waals surface area contributed by atoms with E-state index >= 15 is 0 Å². The van der Waals surface area contributed by atoms with Crippen molar-refractivity contribution in [1.82, 2.24) is 0 Å². The second-order valence-electron chi connectivity index (χ2n) is 5.27. The Balaban J connectivity index is 1.89. The van der Waals surface area contributed by atoms with E-state index in [2.05, 4.69) is 37.3 Å². The van der Waals surface area contributed by atoms with Gasteiger partial charge in [0.15, 0.2) is 0 Å². The van der Waals surface area contributed by atoms with Crippen molar-refractivity contribution in [2.45, 2.75) is 44.9 Å². The van der Waals surface area contributed by atoms with E-state index in [0.717, 1.165) is 11.8 Å². The van der Waals surface area contributed by atoms with Gasteiger partial charge < -0.3 is 0 Å². The Morgan fingerprint density at radius 1 is 1.19 bits per heavy atom. The first-order chi connectivity index (χ1) is 7.90. The Labute approximate surface area is 98.4 Å². The maximum Gasteiger partial charge on any atom is 0.00857 e. The normalized spacial score (nSPS) is 23.1. The zero-order valence-corrected chi connectivity index (χ0v) is 10.1. The van der Waals surface area contributed by atoms with Crippen LogP contribution in [0, 0.1) is 5.92 Å². The molecule has 0 saturated heterocycles. The first-order valence-corrected chi connectivity index (χ1v) is 6.69. The van der Waals surface area contributed by atoms with Crippen LogP contribution < -0.4 is 0 Å². The Morgan fingerprint density at radius 2 is 2.00 bits per heavy atom. The van der Waals surface area contributed by atoms with E-state index in [1.807, 2.05) is 0 Å². The molecule has 0 heteroatoms. The summed E-state index contributed by atoms with van der Waals surface area (Å²) in [4.78, 5) is 0. The minimum absolute atomic E-state index is 0.780. The van der Waals surface area contributed by atoms with Gasteiger partial charge in [-0.1, -0.05) is 49.3 Å². The fourth-order valence-electron chi connectivity index (χ4n) is 3.01. The minimum atomic E-state index is 0.780. The molecule has 0 radical (unpaired) electrons. The van der Waals surface area contributed by atoms with Crippen LogP contribution in [0.3, 0.4) is 0 Å². The lowest BCUT2D eigenvalue weighted by Crippen LogP contribution is -2.01. The van der Waals surface area contributed by atoms with E-state index in [0.29, 0.717) is 0 Å². The van der Waals surface area contributed by atoms with Crippen molar-refractivity contribution in [3.8, 4) is 0 Å². The van der Waals surface area contributed by atoms with E-state index < -0.39 is 0 Å². The first-order valence-electron chi connectivity index (χ1n) is 6.69. The van der Waals surface area contributed by atoms with Crippen molar-refractivity contribution in [2.75, 3.05) is 0 Å². The van der Waals surface area contributed by atoms with Crippen molar-refractivity contribution in [3.05, 3.63) is 41.0 Å². The monoisotopic (exact) mass is 212 g/mol. The largest absolute Gasteiger partial charge is 0.0654 e. The zero-order chi connectivity index (χ0) is 11.0. The summed E-state index contributed by atoms with van der Waals surface area (Å²) in [5.74, 6) is 1.74. The van der Waals surface area contributed by atoms with Crippen LogP contribution in [0.5, 0.6) is 0 Å². The van der Waals surface area contributed by atoms with Crippen molar-refractivity contribution in [1.29, 1.82) is 0 Å². The second-order valence-corrected chi connectivity index (χ2v) is 5.27. The third-order valence-corrected chi connectivity index (χ3v) is 3.98. The number of unbranched alkanes of at least 4 members (excludes halogenated alkanes) is 1. The molecule has 0 aromatic heterocycles. The van der Waals surface area contributed by atoms with Gasteiger partial charge in [-0.2, -0.15) is 0 Å². The van der Waals surface area contributed by atoms with Crippen LogP contribution in [-0.2, 0) is 0 Å². The average Bonchev–Trinajstić information content (AvgIpc) is 3.07. The Morgan fingerprint density at radius 3 is 2.75 bits per heavy atom. The molecule has 2 aliphatic carbocycles. The molecule has 2 aliphatic rings. The zero-order valence-electron chi connectivity index (χ0n) is 10.1. The molecule has 0 bridgehead atoms. The van der Waals surface area contributed by atoms with Crippen LogP contribution in [0.25, 0.3) is 6.08 Å². The quantitative estimate of drug-likeness (QED) is 0.674. The molecule has 3 rings (SSSR count). The van der Waals surface area contributed by atoms with Gasteiger partial charge in [-0.3, -0.25) is 0 Å². The Hall–Kier alpha value is -1.04. The van der Waals surface area contributed by atoms with Crippen LogP contribution >= 0.6 is 0 Å². The fourth-order valence-corrected chi connectivity index (χ4v) is 3.01. The van der Waals surface area contributed by atoms with Crippen LogP contribution in [0.15, 0.2) is 29.8 Å². The highest BCUT2D eigenvalue weighted by atomic mass is 14.4. The smallest absolute Gasteiger partial charge is 0.00857 e. The molecular formula is C16H20. The summed E-state index contributed by atoms with van der Waals surface area (Å²) in [6, 6.07) is 8.99. The van der Waals surface area contributed by atoms with Crippen LogP contribution in [0.2, 0.25) is 0 Å². The first kappa shape index (κ1) is 10.1. The lowest BCUT2D eigenvalue weighted by molar-refractivity contribution is 0.650. The molecule has 1 fully saturated rings. The standard InChI is InChI=1S/C16H20/c1-2-3-6-14-11-13-7-4-5-8-15(13)16(14)12-9-10-12/h4-5,7-8,11-12,16H,2-3,6,9-10H2,1H3. The van der Waals surface area contributed by atoms with Gasteiger partial charge in [-0.15, -0.1) is 0 Å². The molecule has 1 saturated carbocycles. The Kier molecular flexibility index (Phi) is 2.59. The summed E-state index contributed by atoms with van der Waals surface area (Å²) in [5, 5.41) is 0. The summed E-state index contributed by atoms with van der Waals surface area (Å²) in [7, 11) is 0. The van der Waals surface area contributed by atoms with Gasteiger partial charge in [-0.05, 0) is 42.7 Å². The maximum atomic E-state index is 2.47. The van der Waals surface area contributed by atoms with Crippen molar-refractivity contribution in [2.24, 2.45) is 5.92 Å². The van der Waals surface area contributed by atoms with Gasteiger partial charge >= 0.3 is 0 Å². The summed E-state index contributed by atoms with van der Waals surface area (Å²) in [6.45, 7) is 2.29. The summed E-state index contributed by atoms with van der Waals surface area (Å²) in [5.41, 5.74) is 4.81. The molecule has 1 aromatic carbocycles. The lowest BCUT2D eigenvalue weighted by atomic mass is 9.88. The molecule has 1 atom stereocenters. The average molecular weight is 212 g/mol. The SMILES string of the molecule is CCCCC1=Cc2ccccc2C1C1CC1. The number of hydrogen-bond acceptors (Lipinski definition) is 0. The molecule has 0 nitrogen and oxygen atoms in total. The highest BCUT2D eigenvalue weighted by Crippen LogP contribution is 2.52. The molecular weight excluding hydrogens is 192 g/mol. The summed E-state index contributed by atoms with van der Waals surface area (Å²) >= 11 is 0. The van der Waals surface area contributed by atoms with E-state index in [1.165, 1.54) is 37.7 Å². The highest BCUT2D eigenvalue weighted by molar-refractivity contribution is 5.67. The van der Waals surface area contributed by atoms with Gasteiger partial charge in [0.2, 0.25) is 0 Å². The summed E-state index contributed by atoms with van der Waals surface area (Å²) < 4.78 is 0. The Bertz CT molecular complexity index is 410. The van der Waals surface area contributed by atoms with E-state index in [-0.39, 0.29) is 0 Å². The topological polar surface area (TPSA) is 0 Å². The molecule has 0 heterocycles. The highest BCUT2D eigenvalue weighted by Gasteiger charge is 2.37. The number of fused-ring (bicyclic) bond motifs is 1. The molecule has 0 spiro atoms. The van der Waals surface area contributed by atoms with Crippen molar-refractivity contribution in [3.63, 3.8) is 0 Å². The van der Waals surface area contributed by atoms with Crippen molar-refractivity contribution < 1.29 is 0 Å². The maximum absolute atomic E-state index is 2.47. The molecule has 84 valence electrons. The van der Waals surface area contributed by atoms with Crippen LogP contribution in [-0.4, -0.2) is 0 Å². The fraction of sp³-hybridized carbons (Fsp3) is 0.500. The van der Waals surface area contributed by atoms with Gasteiger partial charge in [0.05, 0.1) is 0 Å². The summed E-state index contributed by atoms with van der Waals surface area (Å²) in [6.07, 6.45) is 9.33. The number of allylic oxidation sites excluding steroid dienone is 1. The molecule has 1 aromatic rings. The number of benzene rings is 1. The number of hydrogen-bond donors (Lipinski definition) is 0. The van der Waals surface area contributed by atoms with Gasteiger partial charge in [0.1, 0.15) is 0 Å². The number of rotatable bonds is 4. The van der Waals surface area contributed by atoms with E-state index in [9.17, 15) is 0 Å². The van der Waals surface area contributed by atoms with Crippen molar-refractivity contribution >= 4 is 6.08 Å². The molecule has 1 unspecified atom stereocenters. The third kappa shape index (κ3) is 1.71. The van der Waals surface area contributed by atoms with Crippen LogP contribution in [0.4, 0.5) is 0 Å². The molecule has 16 heavy (non-hydrogen) atoms. The van der Waals surface area contributed by atoms with Gasteiger partial charge in [0.25, 0.3) is 0 Å². The predicted molar refractivity (Wildman–Crippen MR) is 69.4 cm³/mol. The predicted octanol–water partition coefficient (Wildman–Crippen LogP) is 4.77. The van der Waals surface area contributed by atoms with E-state index in [1.54, 1.807) is 11.1 Å². The lowest BCUT2D eigenvalue weighted by Gasteiger charge is -2.15. The van der Waals surface area contributed by atoms with Gasteiger partial charge in [0, 0.05) is 5.92 Å². The minimum Gasteiger partial charge on any atom is -0.0654 e. The second kappa shape index (κ2) is 4.08. The molecule has 0 aliphatic heterocycles. The van der Waals surface area contributed by atoms with Crippen LogP contribution in [0.1, 0.15) is 56.1 Å². The molecule has 0 amide bonds. The van der Waals surface area contributed by atoms with E-state index in [4.69, 9.17) is 0 Å².